The van der Waals surface area contributed by atoms with Crippen molar-refractivity contribution < 1.29 is 5.11 Å². The molecule has 1 aromatic rings. The number of hydrogen-bond donors (Lipinski definition) is 2. The van der Waals surface area contributed by atoms with Gasteiger partial charge in [0.2, 0.25) is 0 Å². The van der Waals surface area contributed by atoms with E-state index in [4.69, 9.17) is 0 Å². The maximum Gasteiger partial charge on any atom is 0.0922 e. The highest BCUT2D eigenvalue weighted by Gasteiger charge is 2.23. The van der Waals surface area contributed by atoms with Gasteiger partial charge in [-0.25, -0.2) is 0 Å². The van der Waals surface area contributed by atoms with E-state index in [0.717, 1.165) is 24.8 Å². The van der Waals surface area contributed by atoms with Crippen molar-refractivity contribution in [1.82, 2.24) is 5.32 Å². The zero-order chi connectivity index (χ0) is 12.8. The summed E-state index contributed by atoms with van der Waals surface area (Å²) in [6.45, 7) is 0.541. The van der Waals surface area contributed by atoms with Crippen LogP contribution < -0.4 is 5.32 Å². The molecule has 3 atom stereocenters. The lowest BCUT2D eigenvalue weighted by Crippen LogP contribution is -2.37. The van der Waals surface area contributed by atoms with E-state index in [9.17, 15) is 10.4 Å². The van der Waals surface area contributed by atoms with Crippen molar-refractivity contribution in [2.75, 3.05) is 6.54 Å². The molecule has 4 heteroatoms. The second-order valence-electron chi connectivity index (χ2n) is 4.96. The average molecular weight is 264 g/mol. The predicted octanol–water partition coefficient (Wildman–Crippen LogP) is 2.84. The summed E-state index contributed by atoms with van der Waals surface area (Å²) in [5.41, 5.74) is 0.967. The number of nitrogens with zero attached hydrogens (tertiary/aromatic N) is 1. The maximum atomic E-state index is 10.0. The fourth-order valence-corrected chi connectivity index (χ4v) is 3.26. The largest absolute Gasteiger partial charge is 0.387 e. The molecule has 1 aliphatic rings. The summed E-state index contributed by atoms with van der Waals surface area (Å²) >= 11 is 1.60. The predicted molar refractivity (Wildman–Crippen MR) is 73.3 cm³/mol. The molecule has 0 aliphatic heterocycles. The molecule has 0 amide bonds. The zero-order valence-electron chi connectivity index (χ0n) is 10.5. The molecule has 1 saturated carbocycles. The Labute approximate surface area is 112 Å². The summed E-state index contributed by atoms with van der Waals surface area (Å²) < 4.78 is 0. The Balaban J connectivity index is 1.86. The summed E-state index contributed by atoms with van der Waals surface area (Å²) in [6.07, 6.45) is 5.15. The van der Waals surface area contributed by atoms with Gasteiger partial charge in [0.25, 0.3) is 0 Å². The Morgan fingerprint density at radius 2 is 2.28 bits per heavy atom. The number of thiophene rings is 1. The van der Waals surface area contributed by atoms with Crippen molar-refractivity contribution >= 4 is 11.3 Å². The van der Waals surface area contributed by atoms with E-state index >= 15 is 0 Å². The number of aliphatic hydroxyl groups is 1. The number of aliphatic hydroxyl groups excluding tert-OH is 1. The van der Waals surface area contributed by atoms with Crippen LogP contribution in [0, 0.1) is 17.2 Å². The van der Waals surface area contributed by atoms with E-state index < -0.39 is 6.10 Å². The molecule has 0 saturated heterocycles. The van der Waals surface area contributed by atoms with E-state index in [2.05, 4.69) is 11.4 Å². The highest BCUT2D eigenvalue weighted by Crippen LogP contribution is 2.23. The van der Waals surface area contributed by atoms with Gasteiger partial charge in [-0.15, -0.1) is 0 Å². The summed E-state index contributed by atoms with van der Waals surface area (Å²) in [7, 11) is 0. The normalized spacial score (nSPS) is 26.2. The SMILES string of the molecule is N#CC1CCCCCC1NCC(O)c1ccsc1. The Hall–Kier alpha value is -0.890. The van der Waals surface area contributed by atoms with Gasteiger partial charge in [0, 0.05) is 12.6 Å². The lowest BCUT2D eigenvalue weighted by molar-refractivity contribution is 0.166. The van der Waals surface area contributed by atoms with Crippen LogP contribution in [0.1, 0.15) is 43.8 Å². The Morgan fingerprint density at radius 3 is 3.00 bits per heavy atom. The first kappa shape index (κ1) is 13.5. The fraction of sp³-hybridized carbons (Fsp3) is 0.643. The first-order chi connectivity index (χ1) is 8.81. The van der Waals surface area contributed by atoms with Gasteiger partial charge < -0.3 is 10.4 Å². The molecule has 98 valence electrons. The molecule has 18 heavy (non-hydrogen) atoms. The molecule has 0 bridgehead atoms. The van der Waals surface area contributed by atoms with Crippen molar-refractivity contribution in [3.05, 3.63) is 22.4 Å². The van der Waals surface area contributed by atoms with E-state index in [1.165, 1.54) is 12.8 Å². The second-order valence-corrected chi connectivity index (χ2v) is 5.74. The van der Waals surface area contributed by atoms with E-state index in [0.29, 0.717) is 6.54 Å². The van der Waals surface area contributed by atoms with Crippen LogP contribution in [0.2, 0.25) is 0 Å². The van der Waals surface area contributed by atoms with Crippen LogP contribution in [0.4, 0.5) is 0 Å². The van der Waals surface area contributed by atoms with Gasteiger partial charge in [0.15, 0.2) is 0 Å². The second kappa shape index (κ2) is 6.89. The Kier molecular flexibility index (Phi) is 5.18. The molecule has 1 aromatic heterocycles. The third-order valence-electron chi connectivity index (χ3n) is 3.68. The van der Waals surface area contributed by atoms with Crippen LogP contribution in [-0.2, 0) is 0 Å². The summed E-state index contributed by atoms with van der Waals surface area (Å²) in [5.74, 6) is 0.0992. The van der Waals surface area contributed by atoms with Crippen LogP contribution >= 0.6 is 11.3 Å². The van der Waals surface area contributed by atoms with Crippen molar-refractivity contribution in [2.45, 2.75) is 44.2 Å². The van der Waals surface area contributed by atoms with E-state index in [1.807, 2.05) is 16.8 Å². The Bertz CT molecular complexity index is 385. The van der Waals surface area contributed by atoms with Crippen molar-refractivity contribution in [1.29, 1.82) is 5.26 Å². The quantitative estimate of drug-likeness (QED) is 0.822. The molecule has 3 unspecified atom stereocenters. The maximum absolute atomic E-state index is 10.0. The number of nitrogens with one attached hydrogen (secondary N) is 1. The standard InChI is InChI=1S/C14H20N2OS/c15-8-11-4-2-1-3-5-13(11)16-9-14(17)12-6-7-18-10-12/h6-7,10-11,13-14,16-17H,1-5,9H2. The summed E-state index contributed by atoms with van der Waals surface area (Å²) in [6, 6.07) is 4.60. The topological polar surface area (TPSA) is 56.0 Å². The molecular formula is C14H20N2OS. The van der Waals surface area contributed by atoms with Gasteiger partial charge >= 0.3 is 0 Å². The smallest absolute Gasteiger partial charge is 0.0922 e. The van der Waals surface area contributed by atoms with Gasteiger partial charge in [0.1, 0.15) is 0 Å². The van der Waals surface area contributed by atoms with Crippen LogP contribution in [-0.4, -0.2) is 17.7 Å². The molecule has 3 nitrogen and oxygen atoms in total. The Morgan fingerprint density at radius 1 is 1.44 bits per heavy atom. The molecule has 0 radical (unpaired) electrons. The lowest BCUT2D eigenvalue weighted by Gasteiger charge is -2.22. The molecule has 2 N–H and O–H groups in total. The molecule has 0 aromatic carbocycles. The number of hydrogen-bond acceptors (Lipinski definition) is 4. The molecule has 0 spiro atoms. The molecule has 1 fully saturated rings. The average Bonchev–Trinajstić information content (AvgIpc) is 2.82. The van der Waals surface area contributed by atoms with E-state index in [1.54, 1.807) is 11.3 Å². The van der Waals surface area contributed by atoms with Crippen LogP contribution in [0.5, 0.6) is 0 Å². The first-order valence-corrected chi connectivity index (χ1v) is 7.58. The summed E-state index contributed by atoms with van der Waals surface area (Å²) in [4.78, 5) is 0. The van der Waals surface area contributed by atoms with Gasteiger partial charge in [-0.1, -0.05) is 19.3 Å². The minimum atomic E-state index is -0.459. The van der Waals surface area contributed by atoms with Gasteiger partial charge in [-0.05, 0) is 35.2 Å². The minimum absolute atomic E-state index is 0.0992. The molecule has 2 rings (SSSR count). The number of nitriles is 1. The highest BCUT2D eigenvalue weighted by atomic mass is 32.1. The van der Waals surface area contributed by atoms with E-state index in [-0.39, 0.29) is 12.0 Å². The monoisotopic (exact) mass is 264 g/mol. The fourth-order valence-electron chi connectivity index (χ4n) is 2.55. The van der Waals surface area contributed by atoms with Crippen LogP contribution in [0.25, 0.3) is 0 Å². The first-order valence-electron chi connectivity index (χ1n) is 6.64. The third kappa shape index (κ3) is 3.55. The van der Waals surface area contributed by atoms with Crippen molar-refractivity contribution in [3.8, 4) is 6.07 Å². The summed E-state index contributed by atoms with van der Waals surface area (Å²) in [5, 5.41) is 26.5. The third-order valence-corrected chi connectivity index (χ3v) is 4.38. The van der Waals surface area contributed by atoms with Gasteiger partial charge in [-0.3, -0.25) is 0 Å². The zero-order valence-corrected chi connectivity index (χ0v) is 11.3. The minimum Gasteiger partial charge on any atom is -0.387 e. The van der Waals surface area contributed by atoms with Crippen LogP contribution in [0.15, 0.2) is 16.8 Å². The molecule has 1 heterocycles. The highest BCUT2D eigenvalue weighted by molar-refractivity contribution is 7.07. The van der Waals surface area contributed by atoms with Crippen molar-refractivity contribution in [2.24, 2.45) is 5.92 Å². The van der Waals surface area contributed by atoms with Crippen molar-refractivity contribution in [3.63, 3.8) is 0 Å². The van der Waals surface area contributed by atoms with Gasteiger partial charge in [0.05, 0.1) is 18.1 Å². The van der Waals surface area contributed by atoms with Gasteiger partial charge in [-0.2, -0.15) is 16.6 Å². The molecular weight excluding hydrogens is 244 g/mol. The lowest BCUT2D eigenvalue weighted by atomic mass is 9.96. The number of rotatable bonds is 4. The van der Waals surface area contributed by atoms with Crippen LogP contribution in [0.3, 0.4) is 0 Å². The molecule has 1 aliphatic carbocycles.